The standard InChI is InChI=1S/C23H21NO3S/c1-17-7-5-8-18(15-17)12-13-22(26)27-16-21(25)24-23(20-11-6-14-28-20)19-9-3-2-4-10-19/h2-15,23H,16H2,1H3,(H,24,25)/b13-12+/t23-/m0/s1. The Morgan fingerprint density at radius 3 is 2.61 bits per heavy atom. The van der Waals surface area contributed by atoms with E-state index in [1.807, 2.05) is 79.0 Å². The maximum Gasteiger partial charge on any atom is 0.331 e. The van der Waals surface area contributed by atoms with Crippen LogP contribution in [-0.4, -0.2) is 18.5 Å². The number of thiophene rings is 1. The van der Waals surface area contributed by atoms with Gasteiger partial charge in [-0.15, -0.1) is 11.3 Å². The Hall–Kier alpha value is -3.18. The van der Waals surface area contributed by atoms with Gasteiger partial charge in [0, 0.05) is 11.0 Å². The third-order valence-corrected chi connectivity index (χ3v) is 5.00. The normalized spacial score (nSPS) is 11.9. The van der Waals surface area contributed by atoms with E-state index in [4.69, 9.17) is 4.74 Å². The molecule has 0 unspecified atom stereocenters. The summed E-state index contributed by atoms with van der Waals surface area (Å²) < 4.78 is 5.08. The molecule has 1 amide bonds. The van der Waals surface area contributed by atoms with E-state index in [9.17, 15) is 9.59 Å². The van der Waals surface area contributed by atoms with E-state index in [0.717, 1.165) is 21.6 Å². The lowest BCUT2D eigenvalue weighted by molar-refractivity contribution is -0.143. The topological polar surface area (TPSA) is 55.4 Å². The number of rotatable bonds is 7. The molecule has 142 valence electrons. The predicted octanol–water partition coefficient (Wildman–Crippen LogP) is 4.52. The summed E-state index contributed by atoms with van der Waals surface area (Å²) in [5.74, 6) is -0.899. The third-order valence-electron chi connectivity index (χ3n) is 4.07. The Morgan fingerprint density at radius 2 is 1.89 bits per heavy atom. The molecule has 5 heteroatoms. The second-order valence-electron chi connectivity index (χ2n) is 6.28. The molecule has 1 aromatic heterocycles. The number of hydrogen-bond donors (Lipinski definition) is 1. The number of aryl methyl sites for hydroxylation is 1. The lowest BCUT2D eigenvalue weighted by atomic mass is 10.1. The molecule has 4 nitrogen and oxygen atoms in total. The Balaban J connectivity index is 1.57. The second-order valence-corrected chi connectivity index (χ2v) is 7.26. The van der Waals surface area contributed by atoms with Crippen molar-refractivity contribution < 1.29 is 14.3 Å². The monoisotopic (exact) mass is 391 g/mol. The fourth-order valence-electron chi connectivity index (χ4n) is 2.75. The SMILES string of the molecule is Cc1cccc(/C=C/C(=O)OCC(=O)N[C@@H](c2ccccc2)c2cccs2)c1. The Kier molecular flexibility index (Phi) is 6.76. The van der Waals surface area contributed by atoms with Gasteiger partial charge in [-0.3, -0.25) is 4.79 Å². The number of esters is 1. The van der Waals surface area contributed by atoms with Crippen molar-refractivity contribution in [3.8, 4) is 0 Å². The van der Waals surface area contributed by atoms with E-state index < -0.39 is 5.97 Å². The van der Waals surface area contributed by atoms with Crippen molar-refractivity contribution in [3.05, 3.63) is 99.8 Å². The average Bonchev–Trinajstić information content (AvgIpc) is 3.24. The second kappa shape index (κ2) is 9.67. The quantitative estimate of drug-likeness (QED) is 0.476. The molecule has 0 fully saturated rings. The summed E-state index contributed by atoms with van der Waals surface area (Å²) in [6, 6.07) is 21.1. The highest BCUT2D eigenvalue weighted by atomic mass is 32.1. The highest BCUT2D eigenvalue weighted by Gasteiger charge is 2.18. The number of amides is 1. The zero-order chi connectivity index (χ0) is 19.8. The van der Waals surface area contributed by atoms with Crippen molar-refractivity contribution in [1.82, 2.24) is 5.32 Å². The molecule has 3 rings (SSSR count). The minimum Gasteiger partial charge on any atom is -0.452 e. The van der Waals surface area contributed by atoms with Gasteiger partial charge in [-0.1, -0.05) is 66.2 Å². The van der Waals surface area contributed by atoms with E-state index in [0.29, 0.717) is 0 Å². The lowest BCUT2D eigenvalue weighted by Crippen LogP contribution is -2.32. The minimum absolute atomic E-state index is 0.268. The van der Waals surface area contributed by atoms with E-state index in [-0.39, 0.29) is 18.6 Å². The van der Waals surface area contributed by atoms with Gasteiger partial charge in [0.05, 0.1) is 6.04 Å². The van der Waals surface area contributed by atoms with Crippen LogP contribution in [-0.2, 0) is 14.3 Å². The molecule has 0 aliphatic rings. The van der Waals surface area contributed by atoms with Crippen molar-refractivity contribution in [1.29, 1.82) is 0 Å². The highest BCUT2D eigenvalue weighted by molar-refractivity contribution is 7.10. The molecule has 0 bridgehead atoms. The first-order chi connectivity index (χ1) is 13.6. The van der Waals surface area contributed by atoms with Crippen LogP contribution in [0.4, 0.5) is 0 Å². The predicted molar refractivity (Wildman–Crippen MR) is 112 cm³/mol. The Morgan fingerprint density at radius 1 is 1.07 bits per heavy atom. The Bertz CT molecular complexity index is 949. The highest BCUT2D eigenvalue weighted by Crippen LogP contribution is 2.25. The van der Waals surface area contributed by atoms with Crippen LogP contribution in [0.25, 0.3) is 6.08 Å². The van der Waals surface area contributed by atoms with E-state index >= 15 is 0 Å². The van der Waals surface area contributed by atoms with Gasteiger partial charge in [-0.25, -0.2) is 4.79 Å². The van der Waals surface area contributed by atoms with Gasteiger partial charge in [0.25, 0.3) is 5.91 Å². The summed E-state index contributed by atoms with van der Waals surface area (Å²) in [7, 11) is 0. The molecule has 2 aromatic carbocycles. The Labute approximate surface area is 168 Å². The van der Waals surface area contributed by atoms with Gasteiger partial charge in [-0.2, -0.15) is 0 Å². The largest absolute Gasteiger partial charge is 0.452 e. The molecule has 1 atom stereocenters. The number of carbonyl (C=O) groups is 2. The van der Waals surface area contributed by atoms with Crippen LogP contribution in [0.3, 0.4) is 0 Å². The molecule has 28 heavy (non-hydrogen) atoms. The third kappa shape index (κ3) is 5.66. The molecule has 3 aromatic rings. The van der Waals surface area contributed by atoms with Crippen molar-refractivity contribution in [3.63, 3.8) is 0 Å². The van der Waals surface area contributed by atoms with Crippen LogP contribution in [0.5, 0.6) is 0 Å². The van der Waals surface area contributed by atoms with Crippen molar-refractivity contribution in [2.24, 2.45) is 0 Å². The molecule has 0 spiro atoms. The van der Waals surface area contributed by atoms with E-state index in [1.54, 1.807) is 17.4 Å². The van der Waals surface area contributed by atoms with Gasteiger partial charge >= 0.3 is 5.97 Å². The minimum atomic E-state index is -0.552. The van der Waals surface area contributed by atoms with Gasteiger partial charge < -0.3 is 10.1 Å². The molecule has 1 heterocycles. The maximum absolute atomic E-state index is 12.3. The van der Waals surface area contributed by atoms with E-state index in [2.05, 4.69) is 5.32 Å². The van der Waals surface area contributed by atoms with Crippen LogP contribution in [0.2, 0.25) is 0 Å². The van der Waals surface area contributed by atoms with Gasteiger partial charge in [0.1, 0.15) is 0 Å². The van der Waals surface area contributed by atoms with Crippen LogP contribution >= 0.6 is 11.3 Å². The van der Waals surface area contributed by atoms with Crippen molar-refractivity contribution >= 4 is 29.3 Å². The number of nitrogens with one attached hydrogen (secondary N) is 1. The molecule has 0 aliphatic carbocycles. The van der Waals surface area contributed by atoms with Crippen LogP contribution in [0, 0.1) is 6.92 Å². The van der Waals surface area contributed by atoms with Gasteiger partial charge in [0.15, 0.2) is 6.61 Å². The first kappa shape index (κ1) is 19.6. The van der Waals surface area contributed by atoms with Crippen LogP contribution < -0.4 is 5.32 Å². The summed E-state index contributed by atoms with van der Waals surface area (Å²) in [5.41, 5.74) is 2.99. The number of ether oxygens (including phenoxy) is 1. The summed E-state index contributed by atoms with van der Waals surface area (Å²) in [4.78, 5) is 25.3. The van der Waals surface area contributed by atoms with E-state index in [1.165, 1.54) is 6.08 Å². The fraction of sp³-hybridized carbons (Fsp3) is 0.130. The molecule has 0 radical (unpaired) electrons. The molecule has 1 N–H and O–H groups in total. The van der Waals surface area contributed by atoms with Gasteiger partial charge in [-0.05, 0) is 35.6 Å². The number of hydrogen-bond acceptors (Lipinski definition) is 4. The molecule has 0 saturated carbocycles. The first-order valence-corrected chi connectivity index (χ1v) is 9.79. The molecule has 0 saturated heterocycles. The first-order valence-electron chi connectivity index (χ1n) is 8.91. The van der Waals surface area contributed by atoms with Crippen molar-refractivity contribution in [2.75, 3.05) is 6.61 Å². The lowest BCUT2D eigenvalue weighted by Gasteiger charge is -2.18. The van der Waals surface area contributed by atoms with Crippen LogP contribution in [0.15, 0.2) is 78.2 Å². The fourth-order valence-corrected chi connectivity index (χ4v) is 3.55. The molecular weight excluding hydrogens is 370 g/mol. The summed E-state index contributed by atoms with van der Waals surface area (Å²) in [6.07, 6.45) is 3.00. The summed E-state index contributed by atoms with van der Waals surface area (Å²) in [5, 5.41) is 4.91. The molecule has 0 aliphatic heterocycles. The summed E-state index contributed by atoms with van der Waals surface area (Å²) in [6.45, 7) is 1.66. The van der Waals surface area contributed by atoms with Crippen LogP contribution in [0.1, 0.15) is 27.6 Å². The average molecular weight is 391 g/mol. The smallest absolute Gasteiger partial charge is 0.331 e. The zero-order valence-electron chi connectivity index (χ0n) is 15.5. The summed E-state index contributed by atoms with van der Waals surface area (Å²) >= 11 is 1.57. The molecular formula is C23H21NO3S. The zero-order valence-corrected chi connectivity index (χ0v) is 16.3. The number of carbonyl (C=O) groups excluding carboxylic acids is 2. The van der Waals surface area contributed by atoms with Crippen molar-refractivity contribution in [2.45, 2.75) is 13.0 Å². The maximum atomic E-state index is 12.3. The van der Waals surface area contributed by atoms with Gasteiger partial charge in [0.2, 0.25) is 0 Å². The number of benzene rings is 2.